The molecule has 0 spiro atoms. The second kappa shape index (κ2) is 4.90. The first-order valence-electron chi connectivity index (χ1n) is 5.51. The Kier molecular flexibility index (Phi) is 4.76. The number of rotatable bonds is 4. The lowest BCUT2D eigenvalue weighted by molar-refractivity contribution is 0.278. The Morgan fingerprint density at radius 3 is 1.86 bits per heavy atom. The van der Waals surface area contributed by atoms with E-state index in [-0.39, 0.29) is 5.54 Å². The van der Waals surface area contributed by atoms with Gasteiger partial charge in [0.1, 0.15) is 0 Å². The van der Waals surface area contributed by atoms with Gasteiger partial charge in [-0.15, -0.1) is 0 Å². The van der Waals surface area contributed by atoms with E-state index in [1.54, 1.807) is 0 Å². The number of hydrogen-bond donors (Lipinski definition) is 0. The van der Waals surface area contributed by atoms with Crippen LogP contribution in [0.25, 0.3) is 0 Å². The van der Waals surface area contributed by atoms with Crippen LogP contribution in [0.4, 0.5) is 0 Å². The Bertz CT molecular complexity index is 185. The predicted molar refractivity (Wildman–Crippen MR) is 62.7 cm³/mol. The molecule has 0 saturated carbocycles. The van der Waals surface area contributed by atoms with Gasteiger partial charge in [-0.3, -0.25) is 0 Å². The Hall–Kier alpha value is -0.400. The fraction of sp³-hybridized carbons (Fsp3) is 1.00. The molecular weight excluding hydrogens is 172 g/mol. The molecule has 2 nitrogen and oxygen atoms in total. The van der Waals surface area contributed by atoms with Crippen LogP contribution in [0.3, 0.4) is 0 Å². The SMILES string of the molecule is CC(C)CN=NC(C)(C)CC(C)(C)C. The van der Waals surface area contributed by atoms with Gasteiger partial charge in [-0.05, 0) is 31.6 Å². The van der Waals surface area contributed by atoms with Crippen LogP contribution >= 0.6 is 0 Å². The molecule has 0 aliphatic heterocycles. The molecule has 0 aliphatic carbocycles. The van der Waals surface area contributed by atoms with Gasteiger partial charge in [0.2, 0.25) is 0 Å². The van der Waals surface area contributed by atoms with E-state index in [9.17, 15) is 0 Å². The van der Waals surface area contributed by atoms with Gasteiger partial charge in [-0.2, -0.15) is 10.2 Å². The Morgan fingerprint density at radius 1 is 1.00 bits per heavy atom. The van der Waals surface area contributed by atoms with E-state index in [0.717, 1.165) is 13.0 Å². The quantitative estimate of drug-likeness (QED) is 0.601. The minimum Gasteiger partial charge on any atom is -0.193 e. The van der Waals surface area contributed by atoms with Crippen LogP contribution in [0.5, 0.6) is 0 Å². The minimum atomic E-state index is -0.0207. The highest BCUT2D eigenvalue weighted by Crippen LogP contribution is 2.29. The molecule has 14 heavy (non-hydrogen) atoms. The summed E-state index contributed by atoms with van der Waals surface area (Å²) in [4.78, 5) is 0. The molecule has 0 fully saturated rings. The van der Waals surface area contributed by atoms with Crippen LogP contribution in [0, 0.1) is 11.3 Å². The van der Waals surface area contributed by atoms with Crippen molar-refractivity contribution in [2.24, 2.45) is 21.6 Å². The van der Waals surface area contributed by atoms with Gasteiger partial charge in [0.25, 0.3) is 0 Å². The molecule has 2 heteroatoms. The zero-order valence-electron chi connectivity index (χ0n) is 10.9. The van der Waals surface area contributed by atoms with Crippen LogP contribution in [0.15, 0.2) is 10.2 Å². The van der Waals surface area contributed by atoms with Crippen LogP contribution < -0.4 is 0 Å². The topological polar surface area (TPSA) is 24.7 Å². The van der Waals surface area contributed by atoms with E-state index in [1.807, 2.05) is 0 Å². The van der Waals surface area contributed by atoms with Crippen LogP contribution in [0.2, 0.25) is 0 Å². The van der Waals surface area contributed by atoms with Crippen molar-refractivity contribution in [1.29, 1.82) is 0 Å². The summed E-state index contributed by atoms with van der Waals surface area (Å²) in [6.45, 7) is 16.2. The van der Waals surface area contributed by atoms with Crippen LogP contribution in [0.1, 0.15) is 54.9 Å². The van der Waals surface area contributed by atoms with E-state index in [0.29, 0.717) is 11.3 Å². The van der Waals surface area contributed by atoms with Crippen molar-refractivity contribution in [3.8, 4) is 0 Å². The van der Waals surface area contributed by atoms with E-state index in [4.69, 9.17) is 0 Å². The largest absolute Gasteiger partial charge is 0.193 e. The minimum absolute atomic E-state index is 0.0207. The van der Waals surface area contributed by atoms with Gasteiger partial charge in [0.05, 0.1) is 12.1 Å². The zero-order chi connectivity index (χ0) is 11.4. The summed E-state index contributed by atoms with van der Waals surface area (Å²) in [6.07, 6.45) is 1.07. The van der Waals surface area contributed by atoms with Crippen LogP contribution in [-0.4, -0.2) is 12.1 Å². The molecule has 0 aromatic carbocycles. The highest BCUT2D eigenvalue weighted by Gasteiger charge is 2.24. The molecule has 0 unspecified atom stereocenters. The van der Waals surface area contributed by atoms with E-state index in [2.05, 4.69) is 58.7 Å². The van der Waals surface area contributed by atoms with Gasteiger partial charge in [0.15, 0.2) is 0 Å². The van der Waals surface area contributed by atoms with Crippen molar-refractivity contribution in [2.75, 3.05) is 6.54 Å². The van der Waals surface area contributed by atoms with E-state index in [1.165, 1.54) is 0 Å². The molecular formula is C12H26N2. The first kappa shape index (κ1) is 13.6. The third-order valence-corrected chi connectivity index (χ3v) is 1.75. The maximum atomic E-state index is 4.41. The van der Waals surface area contributed by atoms with Crippen molar-refractivity contribution >= 4 is 0 Å². The van der Waals surface area contributed by atoms with Crippen molar-refractivity contribution in [2.45, 2.75) is 60.4 Å². The highest BCUT2D eigenvalue weighted by atomic mass is 15.1. The number of hydrogen-bond acceptors (Lipinski definition) is 2. The fourth-order valence-electron chi connectivity index (χ4n) is 1.73. The third-order valence-electron chi connectivity index (χ3n) is 1.75. The molecule has 0 rings (SSSR count). The average molecular weight is 198 g/mol. The van der Waals surface area contributed by atoms with Gasteiger partial charge in [-0.1, -0.05) is 34.6 Å². The normalized spacial score (nSPS) is 14.3. The van der Waals surface area contributed by atoms with Crippen molar-refractivity contribution in [3.05, 3.63) is 0 Å². The lowest BCUT2D eigenvalue weighted by atomic mass is 9.82. The molecule has 0 atom stereocenters. The monoisotopic (exact) mass is 198 g/mol. The lowest BCUT2D eigenvalue weighted by Crippen LogP contribution is -2.24. The average Bonchev–Trinajstić information content (AvgIpc) is 1.78. The molecule has 0 saturated heterocycles. The summed E-state index contributed by atoms with van der Waals surface area (Å²) in [7, 11) is 0. The molecule has 0 aliphatic rings. The van der Waals surface area contributed by atoms with Crippen molar-refractivity contribution in [3.63, 3.8) is 0 Å². The van der Waals surface area contributed by atoms with Gasteiger partial charge < -0.3 is 0 Å². The third kappa shape index (κ3) is 8.21. The summed E-state index contributed by atoms with van der Waals surface area (Å²) in [5, 5.41) is 8.66. The Morgan fingerprint density at radius 2 is 1.50 bits per heavy atom. The number of nitrogens with zero attached hydrogens (tertiary/aromatic N) is 2. The maximum absolute atomic E-state index is 4.41. The summed E-state index contributed by atoms with van der Waals surface area (Å²) >= 11 is 0. The van der Waals surface area contributed by atoms with Crippen LogP contribution in [-0.2, 0) is 0 Å². The molecule has 0 aromatic heterocycles. The second-order valence-corrected chi connectivity index (χ2v) is 6.37. The molecule has 0 amide bonds. The number of azo groups is 1. The summed E-state index contributed by atoms with van der Waals surface area (Å²) in [5.41, 5.74) is 0.299. The predicted octanol–water partition coefficient (Wildman–Crippen LogP) is 4.31. The van der Waals surface area contributed by atoms with Crippen molar-refractivity contribution in [1.82, 2.24) is 0 Å². The smallest absolute Gasteiger partial charge is 0.0765 e. The first-order chi connectivity index (χ1) is 6.12. The zero-order valence-corrected chi connectivity index (χ0v) is 10.9. The maximum Gasteiger partial charge on any atom is 0.0765 e. The molecule has 0 aromatic rings. The molecule has 0 radical (unpaired) electrons. The molecule has 0 heterocycles. The van der Waals surface area contributed by atoms with Gasteiger partial charge in [0, 0.05) is 0 Å². The summed E-state index contributed by atoms with van der Waals surface area (Å²) < 4.78 is 0. The van der Waals surface area contributed by atoms with Gasteiger partial charge >= 0.3 is 0 Å². The van der Waals surface area contributed by atoms with E-state index < -0.39 is 0 Å². The molecule has 84 valence electrons. The van der Waals surface area contributed by atoms with Gasteiger partial charge in [-0.25, -0.2) is 0 Å². The lowest BCUT2D eigenvalue weighted by Gasteiger charge is -2.27. The van der Waals surface area contributed by atoms with Crippen molar-refractivity contribution < 1.29 is 0 Å². The Labute approximate surface area is 89.2 Å². The second-order valence-electron chi connectivity index (χ2n) is 6.37. The summed E-state index contributed by atoms with van der Waals surface area (Å²) in [5.74, 6) is 0.601. The molecule has 0 N–H and O–H groups in total. The molecule has 0 bridgehead atoms. The first-order valence-corrected chi connectivity index (χ1v) is 5.51. The highest BCUT2D eigenvalue weighted by molar-refractivity contribution is 4.81. The Balaban J connectivity index is 4.13. The van der Waals surface area contributed by atoms with E-state index >= 15 is 0 Å². The fourth-order valence-corrected chi connectivity index (χ4v) is 1.73. The standard InChI is InChI=1S/C12H26N2/c1-10(2)8-13-14-12(6,7)9-11(3,4)5/h10H,8-9H2,1-7H3. The summed E-state index contributed by atoms with van der Waals surface area (Å²) in [6, 6.07) is 0.